The molecule has 342 valence electrons. The van der Waals surface area contributed by atoms with E-state index in [1.807, 2.05) is 0 Å². The third-order valence-electron chi connectivity index (χ3n) is 13.9. The summed E-state index contributed by atoms with van der Waals surface area (Å²) < 4.78 is 2.36. The Labute approximate surface area is 424 Å². The Kier molecular flexibility index (Phi) is 11.2. The molecule has 2 heterocycles. The molecule has 0 saturated carbocycles. The van der Waals surface area contributed by atoms with Gasteiger partial charge in [0.1, 0.15) is 0 Å². The molecule has 11 aromatic carbocycles. The molecule has 0 N–H and O–H groups in total. The first-order valence-corrected chi connectivity index (χ1v) is 24.7. The lowest BCUT2D eigenvalue weighted by atomic mass is 9.96. The smallest absolute Gasteiger partial charge is 0.164 e. The van der Waals surface area contributed by atoms with Gasteiger partial charge in [0.05, 0.1) is 11.0 Å². The largest absolute Gasteiger partial charge is 0.309 e. The van der Waals surface area contributed by atoms with Gasteiger partial charge in [0.25, 0.3) is 0 Å². The first kappa shape index (κ1) is 43.3. The SMILES string of the molecule is c1ccc(-c2cccc(-c3ccc(-c4nc(-c5ccc(-c6cccc(-c7cccc(-c8ccccc8)c7)c6)cc5)nc(-c5ccc6c7ccccc7n(-c7cccc(-c8ccccc8)c7)c6c5)n4)cc3)c2)cc1. The van der Waals surface area contributed by atoms with Crippen LogP contribution in [0.2, 0.25) is 0 Å². The van der Waals surface area contributed by atoms with Crippen LogP contribution in [-0.4, -0.2) is 19.5 Å². The van der Waals surface area contributed by atoms with E-state index in [1.54, 1.807) is 0 Å². The fourth-order valence-corrected chi connectivity index (χ4v) is 10.1. The molecule has 13 aromatic rings. The van der Waals surface area contributed by atoms with Crippen molar-refractivity contribution in [2.75, 3.05) is 0 Å². The predicted octanol–water partition coefficient (Wildman–Crippen LogP) is 18.0. The number of hydrogen-bond acceptors (Lipinski definition) is 3. The maximum Gasteiger partial charge on any atom is 0.164 e. The van der Waals surface area contributed by atoms with Gasteiger partial charge in [-0.3, -0.25) is 0 Å². The molecule has 0 aliphatic rings. The Morgan fingerprint density at radius 2 is 0.507 bits per heavy atom. The monoisotopic (exact) mass is 930 g/mol. The van der Waals surface area contributed by atoms with E-state index < -0.39 is 0 Å². The average Bonchev–Trinajstić information content (AvgIpc) is 3.82. The van der Waals surface area contributed by atoms with Gasteiger partial charge in [0.15, 0.2) is 17.5 Å². The minimum absolute atomic E-state index is 0.603. The molecule has 0 amide bonds. The van der Waals surface area contributed by atoms with Crippen LogP contribution in [0.5, 0.6) is 0 Å². The second-order valence-corrected chi connectivity index (χ2v) is 18.4. The molecule has 4 nitrogen and oxygen atoms in total. The topological polar surface area (TPSA) is 43.6 Å². The van der Waals surface area contributed by atoms with Crippen molar-refractivity contribution in [1.29, 1.82) is 0 Å². The minimum atomic E-state index is 0.603. The van der Waals surface area contributed by atoms with Crippen LogP contribution in [-0.2, 0) is 0 Å². The van der Waals surface area contributed by atoms with Crippen molar-refractivity contribution in [3.63, 3.8) is 0 Å². The number of benzene rings is 11. The van der Waals surface area contributed by atoms with Crippen LogP contribution in [0.1, 0.15) is 0 Å². The highest BCUT2D eigenvalue weighted by Crippen LogP contribution is 2.37. The van der Waals surface area contributed by atoms with Gasteiger partial charge < -0.3 is 4.57 Å². The zero-order valence-corrected chi connectivity index (χ0v) is 39.8. The summed E-state index contributed by atoms with van der Waals surface area (Å²) in [5, 5.41) is 2.35. The summed E-state index contributed by atoms with van der Waals surface area (Å²) in [7, 11) is 0. The maximum absolute atomic E-state index is 5.28. The van der Waals surface area contributed by atoms with Crippen LogP contribution in [0.15, 0.2) is 279 Å². The molecule has 0 fully saturated rings. The normalized spacial score (nSPS) is 11.3. The molecule has 73 heavy (non-hydrogen) atoms. The second kappa shape index (κ2) is 18.9. The van der Waals surface area contributed by atoms with Gasteiger partial charge >= 0.3 is 0 Å². The van der Waals surface area contributed by atoms with Crippen molar-refractivity contribution in [3.05, 3.63) is 279 Å². The first-order valence-electron chi connectivity index (χ1n) is 24.7. The van der Waals surface area contributed by atoms with Crippen LogP contribution in [0.3, 0.4) is 0 Å². The van der Waals surface area contributed by atoms with Crippen LogP contribution >= 0.6 is 0 Å². The molecule has 0 aliphatic carbocycles. The summed E-state index contributed by atoms with van der Waals surface area (Å²) in [5.74, 6) is 1.81. The molecule has 4 heteroatoms. The summed E-state index contributed by atoms with van der Waals surface area (Å²) in [6, 6.07) is 99.0. The molecule has 2 aromatic heterocycles. The third-order valence-corrected chi connectivity index (χ3v) is 13.9. The quantitative estimate of drug-likeness (QED) is 0.137. The van der Waals surface area contributed by atoms with Crippen molar-refractivity contribution >= 4 is 21.8 Å². The molecule has 0 bridgehead atoms. The number of aromatic nitrogens is 4. The molecule has 0 atom stereocenters. The average molecular weight is 931 g/mol. The fraction of sp³-hybridized carbons (Fsp3) is 0. The van der Waals surface area contributed by atoms with Crippen LogP contribution in [0.4, 0.5) is 0 Å². The summed E-state index contributed by atoms with van der Waals surface area (Å²) >= 11 is 0. The van der Waals surface area contributed by atoms with E-state index >= 15 is 0 Å². The number of hydrogen-bond donors (Lipinski definition) is 0. The first-order chi connectivity index (χ1) is 36.1. The van der Waals surface area contributed by atoms with E-state index in [0.717, 1.165) is 66.6 Å². The summed E-state index contributed by atoms with van der Waals surface area (Å²) in [6.07, 6.45) is 0. The number of para-hydroxylation sites is 1. The van der Waals surface area contributed by atoms with Crippen molar-refractivity contribution in [2.45, 2.75) is 0 Å². The lowest BCUT2D eigenvalue weighted by Gasteiger charge is -2.12. The minimum Gasteiger partial charge on any atom is -0.309 e. The maximum atomic E-state index is 5.28. The highest BCUT2D eigenvalue weighted by Gasteiger charge is 2.18. The molecular weight excluding hydrogens is 885 g/mol. The third kappa shape index (κ3) is 8.58. The van der Waals surface area contributed by atoms with Gasteiger partial charge in [-0.2, -0.15) is 0 Å². The van der Waals surface area contributed by atoms with Crippen LogP contribution < -0.4 is 0 Å². The Bertz CT molecular complexity index is 4110. The van der Waals surface area contributed by atoms with Crippen LogP contribution in [0, 0.1) is 0 Å². The van der Waals surface area contributed by atoms with Gasteiger partial charge in [-0.15, -0.1) is 0 Å². The van der Waals surface area contributed by atoms with E-state index in [2.05, 4.69) is 284 Å². The Hall–Kier alpha value is -9.77. The Morgan fingerprint density at radius 1 is 0.192 bits per heavy atom. The molecule has 0 spiro atoms. The van der Waals surface area contributed by atoms with E-state index in [4.69, 9.17) is 15.0 Å². The summed E-state index contributed by atoms with van der Waals surface area (Å²) in [5.41, 5.74) is 20.0. The van der Waals surface area contributed by atoms with Gasteiger partial charge in [0, 0.05) is 33.2 Å². The van der Waals surface area contributed by atoms with Crippen molar-refractivity contribution < 1.29 is 0 Å². The van der Waals surface area contributed by atoms with Gasteiger partial charge in [-0.05, 0) is 109 Å². The standard InChI is InChI=1S/C69H46N4/c1-4-16-47(17-5-1)54-22-12-24-56(42-54)50-32-36-52(37-33-50)67-70-68(53-38-34-51(35-39-53)57-25-14-27-59(44-57)58-26-13-23-55(43-58)48-18-6-2-7-19-48)72-69(71-67)61-40-41-64-63-30-10-11-31-65(63)73(66(64)46-61)62-29-15-28-60(45-62)49-20-8-3-9-21-49/h1-46H. The van der Waals surface area contributed by atoms with Crippen molar-refractivity contribution in [1.82, 2.24) is 19.5 Å². The van der Waals surface area contributed by atoms with Crippen LogP contribution in [0.25, 0.3) is 128 Å². The second-order valence-electron chi connectivity index (χ2n) is 18.4. The zero-order chi connectivity index (χ0) is 48.5. The number of fused-ring (bicyclic) bond motifs is 3. The lowest BCUT2D eigenvalue weighted by molar-refractivity contribution is 1.07. The highest BCUT2D eigenvalue weighted by molar-refractivity contribution is 6.10. The lowest BCUT2D eigenvalue weighted by Crippen LogP contribution is -2.00. The molecule has 0 saturated heterocycles. The Morgan fingerprint density at radius 3 is 0.973 bits per heavy atom. The van der Waals surface area contributed by atoms with Crippen molar-refractivity contribution in [3.8, 4) is 107 Å². The van der Waals surface area contributed by atoms with Gasteiger partial charge in [-0.25, -0.2) is 15.0 Å². The summed E-state index contributed by atoms with van der Waals surface area (Å²) in [6.45, 7) is 0. The van der Waals surface area contributed by atoms with E-state index in [9.17, 15) is 0 Å². The van der Waals surface area contributed by atoms with Crippen molar-refractivity contribution in [2.24, 2.45) is 0 Å². The predicted molar refractivity (Wildman–Crippen MR) is 303 cm³/mol. The molecule has 0 aliphatic heterocycles. The summed E-state index contributed by atoms with van der Waals surface area (Å²) in [4.78, 5) is 15.8. The zero-order valence-electron chi connectivity index (χ0n) is 39.8. The fourth-order valence-electron chi connectivity index (χ4n) is 10.1. The van der Waals surface area contributed by atoms with E-state index in [-0.39, 0.29) is 0 Å². The highest BCUT2D eigenvalue weighted by atomic mass is 15.0. The molecular formula is C69H46N4. The number of nitrogens with zero attached hydrogens (tertiary/aromatic N) is 4. The Balaban J connectivity index is 0.901. The van der Waals surface area contributed by atoms with Gasteiger partial charge in [-0.1, -0.05) is 237 Å². The molecule has 0 unspecified atom stereocenters. The van der Waals surface area contributed by atoms with E-state index in [1.165, 1.54) is 44.3 Å². The van der Waals surface area contributed by atoms with Gasteiger partial charge in [0.2, 0.25) is 0 Å². The molecule has 13 rings (SSSR count). The molecule has 0 radical (unpaired) electrons. The van der Waals surface area contributed by atoms with E-state index in [0.29, 0.717) is 17.5 Å². The number of rotatable bonds is 10.